The van der Waals surface area contributed by atoms with Crippen molar-refractivity contribution < 1.29 is 115 Å². The van der Waals surface area contributed by atoms with E-state index < -0.39 is 0 Å². The van der Waals surface area contributed by atoms with Crippen molar-refractivity contribution in [3.63, 3.8) is 0 Å². The van der Waals surface area contributed by atoms with Crippen LogP contribution in [0.15, 0.2) is 0 Å². The zero-order chi connectivity index (χ0) is 0. The van der Waals surface area contributed by atoms with Crippen molar-refractivity contribution in [3.8, 4) is 0 Å². The predicted octanol–water partition coefficient (Wildman–Crippen LogP) is -8.65. The van der Waals surface area contributed by atoms with Gasteiger partial charge in [0.1, 0.15) is 0 Å². The minimum Gasteiger partial charge on any atom is -1.00 e. The summed E-state index contributed by atoms with van der Waals surface area (Å²) in [7, 11) is 0. The Bertz CT molecular complexity index is 10.1. The summed E-state index contributed by atoms with van der Waals surface area (Å²) in [5.41, 5.74) is 0. The van der Waals surface area contributed by atoms with Gasteiger partial charge in [-0.1, -0.05) is 0 Å². The molecule has 0 atom stereocenters. The number of hydrogen-bond donors (Lipinski definition) is 0. The van der Waals surface area contributed by atoms with Crippen LogP contribution in [-0.4, -0.2) is 0 Å². The van der Waals surface area contributed by atoms with Gasteiger partial charge < -0.3 is 4.28 Å². The molecule has 0 spiro atoms. The van der Waals surface area contributed by atoms with Crippen LogP contribution in [0.5, 0.6) is 0 Å². The van der Waals surface area contributed by atoms with E-state index in [0.717, 1.165) is 0 Å². The first kappa shape index (κ1) is 25.1. The molecule has 0 aromatic carbocycles. The third-order valence-corrected chi connectivity index (χ3v) is 0. The molecule has 0 aromatic rings. The Morgan fingerprint density at radius 3 is 0.750 bits per heavy atom. The maximum Gasteiger partial charge on any atom is 1.00 e. The first-order valence-corrected chi connectivity index (χ1v) is 0. The van der Waals surface area contributed by atoms with Gasteiger partial charge in [0, 0.05) is 22.4 Å². The first-order chi connectivity index (χ1) is 0. The van der Waals surface area contributed by atoms with E-state index in [1.807, 2.05) is 0 Å². The normalized spacial score (nSPS) is 0. The molecule has 0 rings (SSSR count). The molecule has 1 radical (unpaired) electrons. The molecule has 0 bridgehead atoms. The molecule has 0 nitrogen and oxygen atoms in total. The van der Waals surface area contributed by atoms with Crippen molar-refractivity contribution in [2.75, 3.05) is 0 Å². The largest absolute Gasteiger partial charge is 1.00 e. The maximum atomic E-state index is 0. The van der Waals surface area contributed by atoms with Gasteiger partial charge in [0.25, 0.3) is 0 Å². The van der Waals surface area contributed by atoms with Crippen LogP contribution < -0.4 is 88.7 Å². The molecular weight excluding hydrogens is 177 g/mol. The van der Waals surface area contributed by atoms with E-state index in [-0.39, 0.29) is 115 Å². The quantitative estimate of drug-likeness (QED) is 0.325. The number of hydrogen-bond acceptors (Lipinski definition) is 0. The Morgan fingerprint density at radius 1 is 0.750 bits per heavy atom. The van der Waals surface area contributed by atoms with E-state index in [2.05, 4.69) is 0 Å². The molecule has 0 N–H and O–H groups in total. The van der Waals surface area contributed by atoms with Gasteiger partial charge in [-0.05, 0) is 0 Å². The van der Waals surface area contributed by atoms with Crippen LogP contribution in [0.4, 0.5) is 0 Å². The number of rotatable bonds is 0. The van der Waals surface area contributed by atoms with Gasteiger partial charge in [-0.15, -0.1) is 0 Å². The van der Waals surface area contributed by atoms with E-state index >= 15 is 0 Å². The summed E-state index contributed by atoms with van der Waals surface area (Å²) in [6, 6.07) is 0. The van der Waals surface area contributed by atoms with Crippen LogP contribution in [0.1, 0.15) is 4.28 Å². The van der Waals surface area contributed by atoms with Crippen molar-refractivity contribution in [3.05, 3.63) is 0 Å². The molecule has 4 heteroatoms. The summed E-state index contributed by atoms with van der Waals surface area (Å²) in [6.07, 6.45) is 0. The third-order valence-electron chi connectivity index (χ3n) is 0. The Labute approximate surface area is 113 Å². The zero-order valence-corrected chi connectivity index (χ0v) is 10.8. The average molecular weight is 180 g/mol. The van der Waals surface area contributed by atoms with Crippen LogP contribution in [-0.2, 0) is 22.4 Å². The van der Waals surface area contributed by atoms with E-state index in [0.29, 0.717) is 0 Å². The molecule has 0 aliphatic rings. The molecule has 17 valence electrons. The third kappa shape index (κ3) is 9.22. The summed E-state index contributed by atoms with van der Waals surface area (Å²) < 4.78 is 0. The molecule has 0 saturated heterocycles. The van der Waals surface area contributed by atoms with Gasteiger partial charge in [-0.2, -0.15) is 0 Å². The zero-order valence-electron chi connectivity index (χ0n) is 6.30. The van der Waals surface area contributed by atoms with Crippen LogP contribution >= 0.6 is 0 Å². The minimum atomic E-state index is 0. The molecule has 0 saturated carbocycles. The van der Waals surface area contributed by atoms with Gasteiger partial charge >= 0.3 is 88.7 Å². The fourth-order valence-electron chi connectivity index (χ4n) is 0. The fourth-order valence-corrected chi connectivity index (χ4v) is 0. The summed E-state index contributed by atoms with van der Waals surface area (Å²) >= 11 is 0. The summed E-state index contributed by atoms with van der Waals surface area (Å²) in [5.74, 6) is 0. The van der Waals surface area contributed by atoms with Crippen LogP contribution in [0.3, 0.4) is 0 Å². The van der Waals surface area contributed by atoms with E-state index in [4.69, 9.17) is 0 Å². The van der Waals surface area contributed by atoms with Crippen molar-refractivity contribution in [2.24, 2.45) is 0 Å². The molecule has 0 amide bonds. The van der Waals surface area contributed by atoms with Gasteiger partial charge in [-0.3, -0.25) is 0 Å². The SMILES string of the molecule is [Ag].[H-].[H-].[H-].[Na+].[Na+].[Na+]. The summed E-state index contributed by atoms with van der Waals surface area (Å²) in [6.45, 7) is 0. The standard InChI is InChI=1S/Ag.3Na.3H/q;3*+1;3*-1. The molecule has 4 heavy (non-hydrogen) atoms. The van der Waals surface area contributed by atoms with Gasteiger partial charge in [-0.25, -0.2) is 0 Å². The second kappa shape index (κ2) is 15.9. The molecule has 0 fully saturated rings. The van der Waals surface area contributed by atoms with Crippen molar-refractivity contribution >= 4 is 0 Å². The molecule has 0 heterocycles. The van der Waals surface area contributed by atoms with E-state index in [1.165, 1.54) is 0 Å². The topological polar surface area (TPSA) is 0 Å². The Kier molecular flexibility index (Phi) is 99.8. The molecule has 0 aromatic heterocycles. The monoisotopic (exact) mass is 179 g/mol. The van der Waals surface area contributed by atoms with Gasteiger partial charge in [0.2, 0.25) is 0 Å². The predicted molar refractivity (Wildman–Crippen MR) is 3.34 cm³/mol. The minimum absolute atomic E-state index is 0. The second-order valence-corrected chi connectivity index (χ2v) is 0. The molecule has 0 unspecified atom stereocenters. The average Bonchev–Trinajstić information content (AvgIpc) is 0. The second-order valence-electron chi connectivity index (χ2n) is 0. The maximum absolute atomic E-state index is 0. The van der Waals surface area contributed by atoms with E-state index in [1.54, 1.807) is 0 Å². The fraction of sp³-hybridized carbons (Fsp3) is 0. The summed E-state index contributed by atoms with van der Waals surface area (Å²) in [4.78, 5) is 0. The van der Waals surface area contributed by atoms with Crippen molar-refractivity contribution in [1.29, 1.82) is 0 Å². The first-order valence-electron chi connectivity index (χ1n) is 0. The molecule has 0 aliphatic heterocycles. The van der Waals surface area contributed by atoms with Gasteiger partial charge in [0.05, 0.1) is 0 Å². The Hall–Kier alpha value is 3.74. The molecular formula is H3AgNa3. The van der Waals surface area contributed by atoms with Crippen LogP contribution in [0.2, 0.25) is 0 Å². The van der Waals surface area contributed by atoms with Gasteiger partial charge in [0.15, 0.2) is 0 Å². The van der Waals surface area contributed by atoms with Crippen molar-refractivity contribution in [1.82, 2.24) is 0 Å². The Balaban J connectivity index is 0. The van der Waals surface area contributed by atoms with Crippen LogP contribution in [0, 0.1) is 0 Å². The molecule has 0 aliphatic carbocycles. The summed E-state index contributed by atoms with van der Waals surface area (Å²) in [5, 5.41) is 0. The van der Waals surface area contributed by atoms with E-state index in [9.17, 15) is 0 Å². The Morgan fingerprint density at radius 2 is 0.750 bits per heavy atom. The van der Waals surface area contributed by atoms with Crippen LogP contribution in [0.25, 0.3) is 0 Å². The smallest absolute Gasteiger partial charge is 1.00 e. The van der Waals surface area contributed by atoms with Crippen molar-refractivity contribution in [2.45, 2.75) is 0 Å².